The highest BCUT2D eigenvalue weighted by Crippen LogP contribution is 2.55. The first-order valence-corrected chi connectivity index (χ1v) is 9.35. The fraction of sp³-hybridized carbons (Fsp3) is 0.450. The van der Waals surface area contributed by atoms with E-state index < -0.39 is 6.10 Å². The van der Waals surface area contributed by atoms with Crippen LogP contribution in [0.2, 0.25) is 0 Å². The van der Waals surface area contributed by atoms with Crippen molar-refractivity contribution in [3.05, 3.63) is 46.9 Å². The third-order valence-corrected chi connectivity index (χ3v) is 6.93. The van der Waals surface area contributed by atoms with Crippen molar-refractivity contribution in [1.82, 2.24) is 0 Å². The molecule has 0 saturated heterocycles. The zero-order valence-corrected chi connectivity index (χ0v) is 14.2. The molecule has 2 nitrogen and oxygen atoms in total. The smallest absolute Gasteiger partial charge is 0.155 e. The van der Waals surface area contributed by atoms with Crippen molar-refractivity contribution in [3.63, 3.8) is 0 Å². The molecule has 0 radical (unpaired) electrons. The van der Waals surface area contributed by atoms with Crippen molar-refractivity contribution >= 4 is 27.2 Å². The standard InChI is InChI=1S/C20H22O2S/c1-20-10-9-14(21)11-13(20)5-4-7-17(20)19(22)16-12-23-18-8-3-2-6-15(16)18/h2-3,6,8,11-12,17,19,22H,4-5,7,9-10H2,1H3. The molecule has 2 aromatic rings. The summed E-state index contributed by atoms with van der Waals surface area (Å²) in [7, 11) is 0. The minimum absolute atomic E-state index is 0.0331. The highest BCUT2D eigenvalue weighted by molar-refractivity contribution is 7.17. The first kappa shape index (κ1) is 15.1. The number of ketones is 1. The van der Waals surface area contributed by atoms with E-state index in [-0.39, 0.29) is 17.1 Å². The number of thiophene rings is 1. The Morgan fingerprint density at radius 1 is 1.30 bits per heavy atom. The summed E-state index contributed by atoms with van der Waals surface area (Å²) in [5.74, 6) is 0.460. The Balaban J connectivity index is 1.74. The maximum atomic E-state index is 11.8. The molecule has 0 spiro atoms. The van der Waals surface area contributed by atoms with E-state index >= 15 is 0 Å². The van der Waals surface area contributed by atoms with Crippen LogP contribution in [0.1, 0.15) is 50.7 Å². The number of rotatable bonds is 2. The molecule has 0 aliphatic heterocycles. The molecule has 1 saturated carbocycles. The number of carbonyl (C=O) groups is 1. The van der Waals surface area contributed by atoms with Gasteiger partial charge in [-0.3, -0.25) is 4.79 Å². The number of aliphatic hydroxyl groups is 1. The van der Waals surface area contributed by atoms with Crippen LogP contribution in [-0.2, 0) is 4.79 Å². The number of carbonyl (C=O) groups excluding carboxylic acids is 1. The van der Waals surface area contributed by atoms with Crippen molar-refractivity contribution in [2.75, 3.05) is 0 Å². The van der Waals surface area contributed by atoms with Crippen LogP contribution in [0, 0.1) is 11.3 Å². The minimum atomic E-state index is -0.451. The quantitative estimate of drug-likeness (QED) is 0.840. The number of allylic oxidation sites excluding steroid dienone is 2. The molecular formula is C20H22O2S. The number of aliphatic hydroxyl groups excluding tert-OH is 1. The summed E-state index contributed by atoms with van der Waals surface area (Å²) in [4.78, 5) is 11.8. The summed E-state index contributed by atoms with van der Waals surface area (Å²) in [6, 6.07) is 8.31. The molecule has 4 rings (SSSR count). The van der Waals surface area contributed by atoms with Crippen LogP contribution in [0.4, 0.5) is 0 Å². The Hall–Kier alpha value is -1.45. The summed E-state index contributed by atoms with van der Waals surface area (Å²) >= 11 is 1.71. The first-order chi connectivity index (χ1) is 11.1. The van der Waals surface area contributed by atoms with Crippen LogP contribution < -0.4 is 0 Å². The molecular weight excluding hydrogens is 304 g/mol. The van der Waals surface area contributed by atoms with Crippen molar-refractivity contribution in [1.29, 1.82) is 0 Å². The fourth-order valence-electron chi connectivity index (χ4n) is 4.54. The van der Waals surface area contributed by atoms with E-state index in [2.05, 4.69) is 24.4 Å². The summed E-state index contributed by atoms with van der Waals surface area (Å²) in [5, 5.41) is 14.5. The Bertz CT molecular complexity index is 788. The summed E-state index contributed by atoms with van der Waals surface area (Å²) in [6.45, 7) is 2.26. The zero-order chi connectivity index (χ0) is 16.0. The van der Waals surface area contributed by atoms with Gasteiger partial charge in [0.1, 0.15) is 0 Å². The third-order valence-electron chi connectivity index (χ3n) is 5.95. The average molecular weight is 326 g/mol. The van der Waals surface area contributed by atoms with Crippen LogP contribution in [0.3, 0.4) is 0 Å². The van der Waals surface area contributed by atoms with Gasteiger partial charge in [0.2, 0.25) is 0 Å². The largest absolute Gasteiger partial charge is 0.388 e. The predicted molar refractivity (Wildman–Crippen MR) is 94.6 cm³/mol. The molecule has 1 fully saturated rings. The van der Waals surface area contributed by atoms with Gasteiger partial charge in [0.05, 0.1) is 6.10 Å². The average Bonchev–Trinajstić information content (AvgIpc) is 2.98. The number of fused-ring (bicyclic) bond motifs is 2. The van der Waals surface area contributed by atoms with E-state index in [1.54, 1.807) is 11.3 Å². The molecule has 0 bridgehead atoms. The van der Waals surface area contributed by atoms with Gasteiger partial charge in [-0.05, 0) is 65.5 Å². The summed E-state index contributed by atoms with van der Waals surface area (Å²) in [6.07, 6.45) is 6.03. The monoisotopic (exact) mass is 326 g/mol. The Kier molecular flexibility index (Phi) is 3.66. The molecule has 120 valence electrons. The van der Waals surface area contributed by atoms with Crippen LogP contribution in [0.5, 0.6) is 0 Å². The summed E-state index contributed by atoms with van der Waals surface area (Å²) in [5.41, 5.74) is 2.30. The second kappa shape index (κ2) is 5.57. The van der Waals surface area contributed by atoms with Gasteiger partial charge in [-0.15, -0.1) is 11.3 Å². The van der Waals surface area contributed by atoms with Crippen LogP contribution in [-0.4, -0.2) is 10.9 Å². The normalized spacial score (nSPS) is 29.2. The minimum Gasteiger partial charge on any atom is -0.388 e. The van der Waals surface area contributed by atoms with Crippen molar-refractivity contribution in [2.24, 2.45) is 11.3 Å². The lowest BCUT2D eigenvalue weighted by atomic mass is 9.58. The van der Waals surface area contributed by atoms with Gasteiger partial charge in [0.25, 0.3) is 0 Å². The van der Waals surface area contributed by atoms with Crippen LogP contribution in [0.15, 0.2) is 41.3 Å². The van der Waals surface area contributed by atoms with Crippen molar-refractivity contribution in [2.45, 2.75) is 45.1 Å². The second-order valence-electron chi connectivity index (χ2n) is 7.18. The van der Waals surface area contributed by atoms with Gasteiger partial charge in [-0.25, -0.2) is 0 Å². The predicted octanol–water partition coefficient (Wildman–Crippen LogP) is 5.03. The summed E-state index contributed by atoms with van der Waals surface area (Å²) < 4.78 is 1.23. The number of hydrogen-bond acceptors (Lipinski definition) is 3. The van der Waals surface area contributed by atoms with E-state index in [9.17, 15) is 9.90 Å². The van der Waals surface area contributed by atoms with Gasteiger partial charge in [-0.2, -0.15) is 0 Å². The molecule has 2 aliphatic rings. The maximum absolute atomic E-state index is 11.8. The molecule has 0 amide bonds. The molecule has 1 aromatic heterocycles. The molecule has 23 heavy (non-hydrogen) atoms. The molecule has 3 heteroatoms. The maximum Gasteiger partial charge on any atom is 0.155 e. The third kappa shape index (κ3) is 2.38. The fourth-order valence-corrected chi connectivity index (χ4v) is 5.53. The van der Waals surface area contributed by atoms with E-state index in [1.807, 2.05) is 18.2 Å². The van der Waals surface area contributed by atoms with E-state index in [4.69, 9.17) is 0 Å². The molecule has 1 heterocycles. The highest BCUT2D eigenvalue weighted by atomic mass is 32.1. The number of benzene rings is 1. The molecule has 1 N–H and O–H groups in total. The van der Waals surface area contributed by atoms with Crippen LogP contribution >= 0.6 is 11.3 Å². The lowest BCUT2D eigenvalue weighted by Gasteiger charge is -2.47. The zero-order valence-electron chi connectivity index (χ0n) is 13.4. The van der Waals surface area contributed by atoms with Crippen molar-refractivity contribution in [3.8, 4) is 0 Å². The lowest BCUT2D eigenvalue weighted by Crippen LogP contribution is -2.39. The topological polar surface area (TPSA) is 37.3 Å². The first-order valence-electron chi connectivity index (χ1n) is 8.48. The SMILES string of the molecule is CC12CCC(=O)C=C1CCCC2C(O)c1csc2ccccc12. The molecule has 1 aromatic carbocycles. The molecule has 2 aliphatic carbocycles. The Morgan fingerprint density at radius 2 is 2.13 bits per heavy atom. The Morgan fingerprint density at radius 3 is 3.00 bits per heavy atom. The van der Waals surface area contributed by atoms with E-state index in [0.29, 0.717) is 6.42 Å². The van der Waals surface area contributed by atoms with Gasteiger partial charge < -0.3 is 5.11 Å². The van der Waals surface area contributed by atoms with Gasteiger partial charge in [-0.1, -0.05) is 30.7 Å². The van der Waals surface area contributed by atoms with Crippen molar-refractivity contribution < 1.29 is 9.90 Å². The van der Waals surface area contributed by atoms with Gasteiger partial charge in [0.15, 0.2) is 5.78 Å². The highest BCUT2D eigenvalue weighted by Gasteiger charge is 2.46. The van der Waals surface area contributed by atoms with Crippen LogP contribution in [0.25, 0.3) is 10.1 Å². The Labute approximate surface area is 140 Å². The number of hydrogen-bond donors (Lipinski definition) is 1. The molecule has 3 atom stereocenters. The second-order valence-corrected chi connectivity index (χ2v) is 8.10. The lowest BCUT2D eigenvalue weighted by molar-refractivity contribution is -0.116. The van der Waals surface area contributed by atoms with E-state index in [1.165, 1.54) is 15.7 Å². The van der Waals surface area contributed by atoms with E-state index in [0.717, 1.165) is 31.2 Å². The van der Waals surface area contributed by atoms with Gasteiger partial charge >= 0.3 is 0 Å². The van der Waals surface area contributed by atoms with Gasteiger partial charge in [0, 0.05) is 11.1 Å². The molecule has 3 unspecified atom stereocenters.